The summed E-state index contributed by atoms with van der Waals surface area (Å²) in [6.45, 7) is 7.01. The van der Waals surface area contributed by atoms with Gasteiger partial charge in [0.2, 0.25) is 0 Å². The van der Waals surface area contributed by atoms with E-state index in [0.29, 0.717) is 62.6 Å². The molecule has 0 radical (unpaired) electrons. The van der Waals surface area contributed by atoms with Gasteiger partial charge in [-0.1, -0.05) is 31.2 Å². The van der Waals surface area contributed by atoms with Crippen LogP contribution in [0.15, 0.2) is 108 Å². The van der Waals surface area contributed by atoms with Gasteiger partial charge in [0, 0.05) is 30.3 Å². The number of phenols is 1. The minimum atomic E-state index is -3.33. The third-order valence-electron chi connectivity index (χ3n) is 8.22. The van der Waals surface area contributed by atoms with E-state index in [1.54, 1.807) is 54.6 Å². The smallest absolute Gasteiger partial charge is 0.335 e. The average Bonchev–Trinajstić information content (AvgIpc) is 3.14. The van der Waals surface area contributed by atoms with E-state index in [1.165, 1.54) is 18.4 Å². The maximum absolute atomic E-state index is 12.0. The number of hydrogen-bond acceptors (Lipinski definition) is 10. The number of carboxylic acid groups (broad SMARTS) is 1. The molecule has 0 bridgehead atoms. The van der Waals surface area contributed by atoms with E-state index >= 15 is 0 Å². The van der Waals surface area contributed by atoms with Crippen LogP contribution in [0, 0.1) is 0 Å². The Morgan fingerprint density at radius 3 is 2.10 bits per heavy atom. The van der Waals surface area contributed by atoms with Gasteiger partial charge in [0.1, 0.15) is 42.0 Å². The summed E-state index contributed by atoms with van der Waals surface area (Å²) in [5.74, 6) is 1.52. The molecule has 52 heavy (non-hydrogen) atoms. The Morgan fingerprint density at radius 2 is 1.38 bits per heavy atom. The fourth-order valence-corrected chi connectivity index (χ4v) is 6.03. The van der Waals surface area contributed by atoms with Crippen LogP contribution in [0.1, 0.15) is 17.3 Å². The molecular weight excluding hydrogens is 687 g/mol. The van der Waals surface area contributed by atoms with E-state index < -0.39 is 15.8 Å². The molecule has 5 aromatic carbocycles. The maximum Gasteiger partial charge on any atom is 0.335 e. The van der Waals surface area contributed by atoms with Gasteiger partial charge in [-0.25, -0.2) is 13.2 Å². The maximum atomic E-state index is 12.0. The second-order valence-corrected chi connectivity index (χ2v) is 13.9. The molecule has 0 saturated heterocycles. The molecule has 0 aliphatic carbocycles. The van der Waals surface area contributed by atoms with Crippen molar-refractivity contribution in [2.24, 2.45) is 0 Å². The lowest BCUT2D eigenvalue weighted by atomic mass is 9.99. The number of carboxylic acids is 1. The normalized spacial score (nSPS) is 11.5. The molecule has 0 aliphatic heterocycles. The van der Waals surface area contributed by atoms with E-state index in [1.807, 2.05) is 36.4 Å². The molecule has 0 saturated carbocycles. The highest BCUT2D eigenvalue weighted by atomic mass is 32.2. The molecule has 0 spiro atoms. The van der Waals surface area contributed by atoms with Gasteiger partial charge in [0.15, 0.2) is 9.84 Å². The quantitative estimate of drug-likeness (QED) is 0.0807. The summed E-state index contributed by atoms with van der Waals surface area (Å²) in [7, 11) is -3.33. The Kier molecular flexibility index (Phi) is 13.5. The van der Waals surface area contributed by atoms with Gasteiger partial charge in [-0.15, -0.1) is 0 Å². The highest BCUT2D eigenvalue weighted by molar-refractivity contribution is 7.90. The van der Waals surface area contributed by atoms with Gasteiger partial charge < -0.3 is 33.9 Å². The molecule has 0 amide bonds. The number of aromatic carboxylic acids is 1. The van der Waals surface area contributed by atoms with Gasteiger partial charge in [-0.3, -0.25) is 4.90 Å². The Morgan fingerprint density at radius 1 is 0.712 bits per heavy atom. The largest absolute Gasteiger partial charge is 0.508 e. The van der Waals surface area contributed by atoms with Crippen LogP contribution < -0.4 is 14.2 Å². The van der Waals surface area contributed by atoms with Crippen LogP contribution in [0.25, 0.3) is 21.9 Å². The molecule has 0 unspecified atom stereocenters. The zero-order chi connectivity index (χ0) is 36.9. The number of nitrogens with zero attached hydrogens (tertiary/aromatic N) is 1. The summed E-state index contributed by atoms with van der Waals surface area (Å²) in [4.78, 5) is 13.5. The lowest BCUT2D eigenvalue weighted by molar-refractivity contribution is 0.0287. The van der Waals surface area contributed by atoms with E-state index in [-0.39, 0.29) is 16.2 Å². The van der Waals surface area contributed by atoms with Crippen LogP contribution in [-0.2, 0) is 19.3 Å². The third-order valence-corrected chi connectivity index (χ3v) is 9.34. The predicted octanol–water partition coefficient (Wildman–Crippen LogP) is 6.92. The van der Waals surface area contributed by atoms with Crippen molar-refractivity contribution < 1.29 is 47.1 Å². The number of ether oxygens (including phenoxy) is 5. The van der Waals surface area contributed by atoms with Crippen molar-refractivity contribution in [1.29, 1.82) is 0 Å². The Labute approximate surface area is 303 Å². The fourth-order valence-electron chi connectivity index (χ4n) is 5.40. The predicted molar refractivity (Wildman–Crippen MR) is 199 cm³/mol. The molecule has 5 rings (SSSR count). The number of aromatic hydroxyl groups is 1. The SMILES string of the molecule is CCN(CCOCCOCCOc1cccc(C(=O)O)c1)CCOc1ccc(Oc2c(-c3ccc(S(C)(=O)=O)cc3)ccc3cc(O)ccc23)cc1. The number of hydrogen-bond donors (Lipinski definition) is 2. The number of fused-ring (bicyclic) bond motifs is 1. The Hall–Kier alpha value is -5.14. The highest BCUT2D eigenvalue weighted by Crippen LogP contribution is 2.41. The molecule has 11 nitrogen and oxygen atoms in total. The van der Waals surface area contributed by atoms with Crippen molar-refractivity contribution in [3.05, 3.63) is 109 Å². The highest BCUT2D eigenvalue weighted by Gasteiger charge is 2.15. The number of sulfone groups is 1. The third kappa shape index (κ3) is 10.9. The lowest BCUT2D eigenvalue weighted by Crippen LogP contribution is -2.31. The van der Waals surface area contributed by atoms with E-state index in [2.05, 4.69) is 11.8 Å². The molecule has 0 heterocycles. The van der Waals surface area contributed by atoms with Crippen LogP contribution in [0.2, 0.25) is 0 Å². The van der Waals surface area contributed by atoms with Gasteiger partial charge in [-0.05, 0) is 96.4 Å². The van der Waals surface area contributed by atoms with Crippen molar-refractivity contribution >= 4 is 26.6 Å². The van der Waals surface area contributed by atoms with Gasteiger partial charge in [-0.2, -0.15) is 0 Å². The van der Waals surface area contributed by atoms with Crippen LogP contribution in [0.5, 0.6) is 28.7 Å². The first-order chi connectivity index (χ1) is 25.1. The molecule has 0 fully saturated rings. The number of rotatable bonds is 20. The summed E-state index contributed by atoms with van der Waals surface area (Å²) in [6.07, 6.45) is 1.18. The summed E-state index contributed by atoms with van der Waals surface area (Å²) in [6, 6.07) is 29.3. The fraction of sp³-hybridized carbons (Fsp3) is 0.275. The number of likely N-dealkylation sites (N-methyl/N-ethyl adjacent to an activating group) is 1. The van der Waals surface area contributed by atoms with Crippen LogP contribution in [-0.4, -0.2) is 95.0 Å². The van der Waals surface area contributed by atoms with E-state index in [9.17, 15) is 18.3 Å². The summed E-state index contributed by atoms with van der Waals surface area (Å²) >= 11 is 0. The summed E-state index contributed by atoms with van der Waals surface area (Å²) in [5, 5.41) is 20.7. The molecule has 2 N–H and O–H groups in total. The van der Waals surface area contributed by atoms with Crippen molar-refractivity contribution in [1.82, 2.24) is 4.90 Å². The Bertz CT molecular complexity index is 2030. The minimum absolute atomic E-state index is 0.146. The Balaban J connectivity index is 1.06. The van der Waals surface area contributed by atoms with Crippen LogP contribution >= 0.6 is 0 Å². The first kappa shape index (κ1) is 38.1. The second-order valence-electron chi connectivity index (χ2n) is 11.9. The monoisotopic (exact) mass is 729 g/mol. The van der Waals surface area contributed by atoms with Crippen molar-refractivity contribution in [3.63, 3.8) is 0 Å². The van der Waals surface area contributed by atoms with E-state index in [0.717, 1.165) is 41.5 Å². The summed E-state index contributed by atoms with van der Waals surface area (Å²) < 4.78 is 53.3. The van der Waals surface area contributed by atoms with Gasteiger partial charge in [0.05, 0.1) is 36.9 Å². The number of benzene rings is 5. The first-order valence-corrected chi connectivity index (χ1v) is 18.8. The molecule has 5 aromatic rings. The van der Waals surface area contributed by atoms with Crippen LogP contribution in [0.4, 0.5) is 0 Å². The molecule has 12 heteroatoms. The lowest BCUT2D eigenvalue weighted by Gasteiger charge is -2.20. The molecule has 0 atom stereocenters. The second kappa shape index (κ2) is 18.4. The standard InChI is InChI=1S/C40H43NO10S/c1-3-41(19-21-47-23-24-48-25-26-50-35-6-4-5-31(28-35)40(43)44)20-22-49-33-11-13-34(14-12-33)51-39-37(17-9-30-27-32(42)10-18-38(30)39)29-7-15-36(16-8-29)52(2,45)46/h4-18,27-28,42H,3,19-26H2,1-2H3,(H,43,44). The summed E-state index contributed by atoms with van der Waals surface area (Å²) in [5.41, 5.74) is 1.75. The zero-order valence-corrected chi connectivity index (χ0v) is 30.0. The first-order valence-electron chi connectivity index (χ1n) is 16.9. The van der Waals surface area contributed by atoms with Crippen molar-refractivity contribution in [2.75, 3.05) is 65.5 Å². The number of phenolic OH excluding ortho intramolecular Hbond substituents is 1. The average molecular weight is 730 g/mol. The molecule has 0 aromatic heterocycles. The molecule has 0 aliphatic rings. The minimum Gasteiger partial charge on any atom is -0.508 e. The van der Waals surface area contributed by atoms with Crippen molar-refractivity contribution in [2.45, 2.75) is 11.8 Å². The van der Waals surface area contributed by atoms with Crippen molar-refractivity contribution in [3.8, 4) is 39.9 Å². The topological polar surface area (TPSA) is 141 Å². The van der Waals surface area contributed by atoms with Gasteiger partial charge in [0.25, 0.3) is 0 Å². The van der Waals surface area contributed by atoms with E-state index in [4.69, 9.17) is 28.8 Å². The zero-order valence-electron chi connectivity index (χ0n) is 29.2. The number of carbonyl (C=O) groups is 1. The molecular formula is C40H43NO10S. The van der Waals surface area contributed by atoms with Crippen LogP contribution in [0.3, 0.4) is 0 Å². The molecule has 274 valence electrons. The van der Waals surface area contributed by atoms with Gasteiger partial charge >= 0.3 is 5.97 Å².